The van der Waals surface area contributed by atoms with Gasteiger partial charge in [-0.2, -0.15) is 0 Å². The van der Waals surface area contributed by atoms with E-state index in [1.165, 1.54) is 11.1 Å². The van der Waals surface area contributed by atoms with Gasteiger partial charge in [0, 0.05) is 10.9 Å². The van der Waals surface area contributed by atoms with Crippen LogP contribution in [0.1, 0.15) is 16.7 Å². The molecule has 0 aliphatic carbocycles. The van der Waals surface area contributed by atoms with E-state index in [1.54, 1.807) is 0 Å². The van der Waals surface area contributed by atoms with E-state index < -0.39 is 0 Å². The van der Waals surface area contributed by atoms with Gasteiger partial charge in [0.25, 0.3) is 0 Å². The second-order valence-electron chi connectivity index (χ2n) is 5.42. The molecule has 0 saturated carbocycles. The maximum atomic E-state index is 12.0. The zero-order chi connectivity index (χ0) is 16.4. The summed E-state index contributed by atoms with van der Waals surface area (Å²) < 4.78 is 5.55. The van der Waals surface area contributed by atoms with Gasteiger partial charge >= 0.3 is 5.63 Å². The van der Waals surface area contributed by atoms with Gasteiger partial charge in [-0.05, 0) is 58.9 Å². The van der Waals surface area contributed by atoms with Gasteiger partial charge in [-0.1, -0.05) is 24.3 Å². The van der Waals surface area contributed by atoms with Gasteiger partial charge in [0.05, 0.1) is 0 Å². The Balaban J connectivity index is 2.20. The van der Waals surface area contributed by atoms with Crippen LogP contribution in [-0.4, -0.2) is 0 Å². The number of fused-ring (bicyclic) bond motifs is 1. The van der Waals surface area contributed by atoms with Gasteiger partial charge in [-0.3, -0.25) is 0 Å². The summed E-state index contributed by atoms with van der Waals surface area (Å²) in [5.74, 6) is 0. The molecule has 1 aromatic heterocycles. The summed E-state index contributed by atoms with van der Waals surface area (Å²) in [5.41, 5.74) is 5.75. The summed E-state index contributed by atoms with van der Waals surface area (Å²) >= 11 is 0. The number of rotatable bonds is 4. The van der Waals surface area contributed by atoms with Gasteiger partial charge in [0.15, 0.2) is 0 Å². The molecule has 3 aromatic rings. The van der Waals surface area contributed by atoms with Crippen molar-refractivity contribution in [3.05, 3.63) is 69.6 Å². The minimum absolute atomic E-state index is 0.252. The molecule has 2 aromatic carbocycles. The number of benzene rings is 2. The molecule has 3 unspecified atom stereocenters. The average molecular weight is 360 g/mol. The summed E-state index contributed by atoms with van der Waals surface area (Å²) in [4.78, 5) is 12.0. The molecule has 0 bridgehead atoms. The van der Waals surface area contributed by atoms with Crippen molar-refractivity contribution in [1.29, 1.82) is 0 Å². The van der Waals surface area contributed by atoms with Crippen molar-refractivity contribution in [2.24, 2.45) is 0 Å². The topological polar surface area (TPSA) is 30.2 Å². The molecule has 0 aliphatic rings. The van der Waals surface area contributed by atoms with Gasteiger partial charge in [0.1, 0.15) is 5.58 Å². The maximum absolute atomic E-state index is 12.0. The van der Waals surface area contributed by atoms with E-state index in [-0.39, 0.29) is 5.63 Å². The van der Waals surface area contributed by atoms with Crippen LogP contribution in [0.3, 0.4) is 0 Å². The lowest BCUT2D eigenvalue weighted by atomic mass is 9.99. The number of hydrogen-bond acceptors (Lipinski definition) is 2. The van der Waals surface area contributed by atoms with Crippen LogP contribution < -0.4 is 5.63 Å². The van der Waals surface area contributed by atoms with Crippen LogP contribution in [0.4, 0.5) is 0 Å². The smallest absolute Gasteiger partial charge is 0.339 e. The molecule has 3 rings (SSSR count). The van der Waals surface area contributed by atoms with Crippen molar-refractivity contribution in [1.82, 2.24) is 0 Å². The Kier molecular flexibility index (Phi) is 5.27. The molecular formula is C18H19O2P3. The molecular weight excluding hydrogens is 341 g/mol. The summed E-state index contributed by atoms with van der Waals surface area (Å²) in [6, 6.07) is 14.6. The van der Waals surface area contributed by atoms with Crippen molar-refractivity contribution in [3.8, 4) is 11.1 Å². The van der Waals surface area contributed by atoms with Crippen LogP contribution in [-0.2, 0) is 18.5 Å². The summed E-state index contributed by atoms with van der Waals surface area (Å²) in [7, 11) is 8.07. The lowest BCUT2D eigenvalue weighted by molar-refractivity contribution is 0.554. The zero-order valence-corrected chi connectivity index (χ0v) is 16.2. The first-order chi connectivity index (χ1) is 11.2. The van der Waals surface area contributed by atoms with Crippen molar-refractivity contribution >= 4 is 38.7 Å². The fourth-order valence-electron chi connectivity index (χ4n) is 2.64. The molecule has 0 aliphatic heterocycles. The third kappa shape index (κ3) is 3.41. The Morgan fingerprint density at radius 3 is 2.09 bits per heavy atom. The standard InChI is InChI=1S/C18H19O2P3/c19-18-15(10-23)6-16-14(9-22)5-13(7-17(16)20-18)12-3-1-11(8-21)2-4-12/h1-7H,8-10,21-23H2. The van der Waals surface area contributed by atoms with E-state index in [9.17, 15) is 4.79 Å². The van der Waals surface area contributed by atoms with Crippen molar-refractivity contribution in [2.75, 3.05) is 0 Å². The number of hydrogen-bond donors (Lipinski definition) is 0. The van der Waals surface area contributed by atoms with Gasteiger partial charge < -0.3 is 4.42 Å². The Labute approximate surface area is 142 Å². The summed E-state index contributed by atoms with van der Waals surface area (Å²) in [6.45, 7) is 0. The highest BCUT2D eigenvalue weighted by molar-refractivity contribution is 7.15. The van der Waals surface area contributed by atoms with E-state index in [1.807, 2.05) is 12.1 Å². The Hall–Kier alpha value is -1.06. The summed E-state index contributed by atoms with van der Waals surface area (Å²) in [5, 5.41) is 1.02. The van der Waals surface area contributed by atoms with Crippen molar-refractivity contribution in [3.63, 3.8) is 0 Å². The lowest BCUT2D eigenvalue weighted by Gasteiger charge is -2.10. The highest BCUT2D eigenvalue weighted by Gasteiger charge is 2.10. The predicted molar refractivity (Wildman–Crippen MR) is 108 cm³/mol. The molecule has 0 saturated heterocycles. The van der Waals surface area contributed by atoms with Crippen molar-refractivity contribution in [2.45, 2.75) is 18.5 Å². The maximum Gasteiger partial charge on any atom is 0.339 e. The molecule has 0 fully saturated rings. The fourth-order valence-corrected chi connectivity index (χ4v) is 3.54. The van der Waals surface area contributed by atoms with Gasteiger partial charge in [-0.25, -0.2) is 4.79 Å². The third-order valence-corrected chi connectivity index (χ3v) is 5.33. The van der Waals surface area contributed by atoms with E-state index in [4.69, 9.17) is 4.42 Å². The second kappa shape index (κ2) is 7.23. The molecule has 3 atom stereocenters. The molecule has 0 spiro atoms. The first-order valence-electron chi connectivity index (χ1n) is 7.45. The molecule has 1 heterocycles. The van der Waals surface area contributed by atoms with Crippen LogP contribution in [0.2, 0.25) is 0 Å². The largest absolute Gasteiger partial charge is 0.422 e. The fraction of sp³-hybridized carbons (Fsp3) is 0.167. The Morgan fingerprint density at radius 1 is 0.783 bits per heavy atom. The predicted octanol–water partition coefficient (Wildman–Crippen LogP) is 4.59. The highest BCUT2D eigenvalue weighted by atomic mass is 31.0. The first kappa shape index (κ1) is 16.8. The minimum atomic E-state index is -0.252. The normalized spacial score (nSPS) is 11.1. The lowest BCUT2D eigenvalue weighted by Crippen LogP contribution is -2.05. The minimum Gasteiger partial charge on any atom is -0.422 e. The van der Waals surface area contributed by atoms with E-state index in [2.05, 4.69) is 58.1 Å². The van der Waals surface area contributed by atoms with Gasteiger partial charge in [-0.15, -0.1) is 27.7 Å². The zero-order valence-electron chi connectivity index (χ0n) is 12.7. The summed E-state index contributed by atoms with van der Waals surface area (Å²) in [6.07, 6.45) is 2.37. The molecule has 118 valence electrons. The molecule has 0 N–H and O–H groups in total. The first-order valence-corrected chi connectivity index (χ1v) is 9.90. The van der Waals surface area contributed by atoms with E-state index in [0.717, 1.165) is 28.8 Å². The van der Waals surface area contributed by atoms with Crippen LogP contribution in [0, 0.1) is 0 Å². The van der Waals surface area contributed by atoms with Gasteiger partial charge in [0.2, 0.25) is 0 Å². The van der Waals surface area contributed by atoms with Crippen LogP contribution in [0.25, 0.3) is 22.1 Å². The average Bonchev–Trinajstić information content (AvgIpc) is 2.60. The third-order valence-electron chi connectivity index (χ3n) is 3.97. The van der Waals surface area contributed by atoms with Crippen LogP contribution in [0.5, 0.6) is 0 Å². The molecule has 0 amide bonds. The highest BCUT2D eigenvalue weighted by Crippen LogP contribution is 2.29. The van der Waals surface area contributed by atoms with E-state index in [0.29, 0.717) is 17.3 Å². The SMILES string of the molecule is O=c1oc2cc(-c3ccc(CP)cc3)cc(CP)c2cc1CP. The van der Waals surface area contributed by atoms with Crippen molar-refractivity contribution < 1.29 is 4.42 Å². The second-order valence-corrected chi connectivity index (χ2v) is 6.64. The molecule has 5 heteroatoms. The molecule has 2 nitrogen and oxygen atoms in total. The quantitative estimate of drug-likeness (QED) is 0.503. The van der Waals surface area contributed by atoms with Crippen LogP contribution >= 0.6 is 27.7 Å². The van der Waals surface area contributed by atoms with E-state index >= 15 is 0 Å². The van der Waals surface area contributed by atoms with Crippen LogP contribution in [0.15, 0.2) is 51.7 Å². The Bertz CT molecular complexity index is 899. The Morgan fingerprint density at radius 2 is 1.48 bits per heavy atom. The monoisotopic (exact) mass is 360 g/mol. The molecule has 0 radical (unpaired) electrons. The molecule has 23 heavy (non-hydrogen) atoms.